The summed E-state index contributed by atoms with van der Waals surface area (Å²) in [6.07, 6.45) is 3.08. The van der Waals surface area contributed by atoms with Gasteiger partial charge >= 0.3 is 5.97 Å². The topological polar surface area (TPSA) is 64.6 Å². The first-order valence-corrected chi connectivity index (χ1v) is 7.28. The van der Waals surface area contributed by atoms with E-state index in [0.29, 0.717) is 19.6 Å². The Bertz CT molecular complexity index is 459. The van der Waals surface area contributed by atoms with E-state index in [0.717, 1.165) is 30.7 Å². The van der Waals surface area contributed by atoms with Crippen LogP contribution in [-0.4, -0.2) is 25.1 Å². The Labute approximate surface area is 125 Å². The molecule has 1 amide bonds. The van der Waals surface area contributed by atoms with E-state index in [1.165, 1.54) is 6.92 Å². The van der Waals surface area contributed by atoms with Gasteiger partial charge in [0.05, 0.1) is 13.2 Å². The van der Waals surface area contributed by atoms with Crippen molar-refractivity contribution in [2.45, 2.75) is 39.5 Å². The first-order chi connectivity index (χ1) is 10.1. The second-order valence-electron chi connectivity index (χ2n) is 4.67. The number of carbonyl (C=O) groups excluding carboxylic acids is 2. The molecule has 0 unspecified atom stereocenters. The Morgan fingerprint density at radius 3 is 2.71 bits per heavy atom. The highest BCUT2D eigenvalue weighted by Crippen LogP contribution is 2.17. The molecule has 5 heteroatoms. The van der Waals surface area contributed by atoms with Crippen LogP contribution in [0.5, 0.6) is 5.75 Å². The van der Waals surface area contributed by atoms with E-state index in [9.17, 15) is 9.59 Å². The zero-order valence-corrected chi connectivity index (χ0v) is 12.7. The smallest absolute Gasteiger partial charge is 0.305 e. The first-order valence-electron chi connectivity index (χ1n) is 7.28. The van der Waals surface area contributed by atoms with Gasteiger partial charge < -0.3 is 14.8 Å². The minimum Gasteiger partial charge on any atom is -0.494 e. The molecule has 0 aromatic heterocycles. The van der Waals surface area contributed by atoms with Crippen LogP contribution in [0.1, 0.15) is 39.5 Å². The number of esters is 1. The second-order valence-corrected chi connectivity index (χ2v) is 4.67. The van der Waals surface area contributed by atoms with Gasteiger partial charge in [-0.1, -0.05) is 6.07 Å². The Kier molecular flexibility index (Phi) is 7.94. The van der Waals surface area contributed by atoms with Crippen LogP contribution in [0.3, 0.4) is 0 Å². The highest BCUT2D eigenvalue weighted by molar-refractivity contribution is 5.88. The molecule has 1 rings (SSSR count). The summed E-state index contributed by atoms with van der Waals surface area (Å²) in [4.78, 5) is 22.1. The minimum absolute atomic E-state index is 0.105. The fourth-order valence-corrected chi connectivity index (χ4v) is 1.84. The molecule has 0 atom stereocenters. The summed E-state index contributed by atoms with van der Waals surface area (Å²) in [6.45, 7) is 4.30. The monoisotopic (exact) mass is 293 g/mol. The average molecular weight is 293 g/mol. The summed E-state index contributed by atoms with van der Waals surface area (Å²) >= 11 is 0. The van der Waals surface area contributed by atoms with Gasteiger partial charge in [0, 0.05) is 25.1 Å². The van der Waals surface area contributed by atoms with Gasteiger partial charge in [0.1, 0.15) is 5.75 Å². The molecule has 21 heavy (non-hydrogen) atoms. The van der Waals surface area contributed by atoms with Crippen LogP contribution in [-0.2, 0) is 14.3 Å². The molecule has 1 aromatic carbocycles. The molecule has 0 aliphatic carbocycles. The Morgan fingerprint density at radius 2 is 2.00 bits per heavy atom. The fraction of sp³-hybridized carbons (Fsp3) is 0.500. The number of benzene rings is 1. The van der Waals surface area contributed by atoms with Crippen molar-refractivity contribution in [1.29, 1.82) is 0 Å². The molecular weight excluding hydrogens is 270 g/mol. The van der Waals surface area contributed by atoms with E-state index < -0.39 is 0 Å². The zero-order chi connectivity index (χ0) is 15.5. The summed E-state index contributed by atoms with van der Waals surface area (Å²) in [6, 6.07) is 7.29. The summed E-state index contributed by atoms with van der Waals surface area (Å²) in [5.41, 5.74) is 0.724. The lowest BCUT2D eigenvalue weighted by Crippen LogP contribution is -2.06. The van der Waals surface area contributed by atoms with Gasteiger partial charge in [-0.05, 0) is 38.3 Å². The molecule has 0 bridgehead atoms. The van der Waals surface area contributed by atoms with Crippen LogP contribution >= 0.6 is 0 Å². The average Bonchev–Trinajstić information content (AvgIpc) is 2.42. The van der Waals surface area contributed by atoms with Crippen LogP contribution < -0.4 is 10.1 Å². The Balaban J connectivity index is 2.18. The molecule has 0 aliphatic rings. The fourth-order valence-electron chi connectivity index (χ4n) is 1.84. The van der Waals surface area contributed by atoms with Gasteiger partial charge in [-0.2, -0.15) is 0 Å². The molecule has 1 aromatic rings. The van der Waals surface area contributed by atoms with E-state index in [1.807, 2.05) is 18.2 Å². The van der Waals surface area contributed by atoms with Crippen molar-refractivity contribution in [3.63, 3.8) is 0 Å². The maximum atomic E-state index is 11.1. The number of amides is 1. The Hall–Kier alpha value is -2.04. The quantitative estimate of drug-likeness (QED) is 0.561. The lowest BCUT2D eigenvalue weighted by atomic mass is 10.2. The van der Waals surface area contributed by atoms with Crippen LogP contribution in [0.2, 0.25) is 0 Å². The van der Waals surface area contributed by atoms with Crippen molar-refractivity contribution in [2.75, 3.05) is 18.5 Å². The van der Waals surface area contributed by atoms with Gasteiger partial charge in [0.15, 0.2) is 0 Å². The molecule has 0 saturated heterocycles. The molecule has 1 N–H and O–H groups in total. The standard InChI is InChI=1S/C16H23NO4/c1-3-20-16(19)10-5-4-6-11-21-15-9-7-8-14(12-15)17-13(2)18/h7-9,12H,3-6,10-11H2,1-2H3,(H,17,18). The number of carbonyl (C=O) groups is 2. The van der Waals surface area contributed by atoms with Crippen molar-refractivity contribution in [1.82, 2.24) is 0 Å². The SMILES string of the molecule is CCOC(=O)CCCCCOc1cccc(NC(C)=O)c1. The van der Waals surface area contributed by atoms with Crippen LogP contribution in [0, 0.1) is 0 Å². The summed E-state index contributed by atoms with van der Waals surface area (Å²) < 4.78 is 10.5. The van der Waals surface area contributed by atoms with Crippen LogP contribution in [0.15, 0.2) is 24.3 Å². The molecule has 0 fully saturated rings. The lowest BCUT2D eigenvalue weighted by Gasteiger charge is -2.08. The third kappa shape index (κ3) is 7.97. The lowest BCUT2D eigenvalue weighted by molar-refractivity contribution is -0.143. The Morgan fingerprint density at radius 1 is 1.19 bits per heavy atom. The number of nitrogens with one attached hydrogen (secondary N) is 1. The maximum Gasteiger partial charge on any atom is 0.305 e. The van der Waals surface area contributed by atoms with Gasteiger partial charge in [0.25, 0.3) is 0 Å². The molecule has 0 heterocycles. The van der Waals surface area contributed by atoms with Gasteiger partial charge in [-0.25, -0.2) is 0 Å². The predicted molar refractivity (Wildman–Crippen MR) is 81.3 cm³/mol. The number of anilines is 1. The highest BCUT2D eigenvalue weighted by atomic mass is 16.5. The second kappa shape index (κ2) is 9.80. The number of hydrogen-bond acceptors (Lipinski definition) is 4. The summed E-state index contributed by atoms with van der Waals surface area (Å²) in [5, 5.41) is 2.71. The van der Waals surface area contributed by atoms with Crippen molar-refractivity contribution in [3.05, 3.63) is 24.3 Å². The van der Waals surface area contributed by atoms with E-state index in [-0.39, 0.29) is 11.9 Å². The zero-order valence-electron chi connectivity index (χ0n) is 12.7. The molecule has 0 saturated carbocycles. The van der Waals surface area contributed by atoms with Crippen molar-refractivity contribution in [2.24, 2.45) is 0 Å². The minimum atomic E-state index is -0.138. The van der Waals surface area contributed by atoms with Crippen LogP contribution in [0.25, 0.3) is 0 Å². The van der Waals surface area contributed by atoms with E-state index >= 15 is 0 Å². The van der Waals surface area contributed by atoms with Crippen molar-refractivity contribution >= 4 is 17.6 Å². The number of unbranched alkanes of at least 4 members (excludes halogenated alkanes) is 2. The normalized spacial score (nSPS) is 10.0. The van der Waals surface area contributed by atoms with Crippen molar-refractivity contribution < 1.29 is 19.1 Å². The molecule has 0 spiro atoms. The molecule has 116 valence electrons. The van der Waals surface area contributed by atoms with Gasteiger partial charge in [-0.3, -0.25) is 9.59 Å². The number of ether oxygens (including phenoxy) is 2. The predicted octanol–water partition coefficient (Wildman–Crippen LogP) is 3.15. The van der Waals surface area contributed by atoms with E-state index in [4.69, 9.17) is 9.47 Å². The summed E-state index contributed by atoms with van der Waals surface area (Å²) in [5.74, 6) is 0.485. The number of hydrogen-bond donors (Lipinski definition) is 1. The van der Waals surface area contributed by atoms with Gasteiger partial charge in [-0.15, -0.1) is 0 Å². The third-order valence-electron chi connectivity index (χ3n) is 2.75. The largest absolute Gasteiger partial charge is 0.494 e. The van der Waals surface area contributed by atoms with E-state index in [2.05, 4.69) is 5.32 Å². The highest BCUT2D eigenvalue weighted by Gasteiger charge is 2.01. The van der Waals surface area contributed by atoms with Crippen molar-refractivity contribution in [3.8, 4) is 5.75 Å². The van der Waals surface area contributed by atoms with E-state index in [1.54, 1.807) is 13.0 Å². The maximum absolute atomic E-state index is 11.1. The molecule has 5 nitrogen and oxygen atoms in total. The molecule has 0 radical (unpaired) electrons. The van der Waals surface area contributed by atoms with Gasteiger partial charge in [0.2, 0.25) is 5.91 Å². The third-order valence-corrected chi connectivity index (χ3v) is 2.75. The van der Waals surface area contributed by atoms with Crippen LogP contribution in [0.4, 0.5) is 5.69 Å². The summed E-state index contributed by atoms with van der Waals surface area (Å²) in [7, 11) is 0. The number of rotatable bonds is 9. The first kappa shape index (κ1) is 17.0. The molecular formula is C16H23NO4. The molecule has 0 aliphatic heterocycles.